The summed E-state index contributed by atoms with van der Waals surface area (Å²) in [5, 5.41) is 14.8. The number of carbonyl (C=O) groups is 1. The molecule has 2 aromatic heterocycles. The van der Waals surface area contributed by atoms with Crippen molar-refractivity contribution in [1.29, 1.82) is 0 Å². The van der Waals surface area contributed by atoms with Gasteiger partial charge in [0.15, 0.2) is 5.78 Å². The molecule has 2 heterocycles. The van der Waals surface area contributed by atoms with Gasteiger partial charge >= 0.3 is 0 Å². The standard InChI is InChI=1S/C34H34NO.C15H28O2.Ir/c1-19-12-20(2)31-29(13-19)35-32(24-16-22-8-6-7-9-25(22)28(17-24)34(3,4)5)27-18-30(36-33(27)31)26-15-21-10-11-23(26)14-21;1-7-14(5,8-2)12(16)11-13(17)15(6,9-3)10-4;/h6-9,12-13,17-18,21,23,26H,10-11,14-15H2,1-5H3;11,16H,7-10H2,1-6H3;/q-1;;/b;12-11-;. The number of aromatic nitrogens is 1. The summed E-state index contributed by atoms with van der Waals surface area (Å²) < 4.78 is 6.83. The van der Waals surface area contributed by atoms with Crippen LogP contribution in [0.15, 0.2) is 64.8 Å². The van der Waals surface area contributed by atoms with Crippen LogP contribution in [0, 0.1) is 42.6 Å². The molecule has 0 spiro atoms. The van der Waals surface area contributed by atoms with Crippen LogP contribution in [0.4, 0.5) is 0 Å². The van der Waals surface area contributed by atoms with Gasteiger partial charge in [-0.2, -0.15) is 0 Å². The smallest absolute Gasteiger partial charge is 0.164 e. The fraction of sp³-hybridized carbons (Fsp3) is 0.510. The van der Waals surface area contributed by atoms with Crippen LogP contribution >= 0.6 is 0 Å². The molecular weight excluding hydrogens is 843 g/mol. The summed E-state index contributed by atoms with van der Waals surface area (Å²) >= 11 is 0. The molecule has 2 aliphatic carbocycles. The van der Waals surface area contributed by atoms with E-state index in [9.17, 15) is 9.90 Å². The molecule has 3 unspecified atom stereocenters. The molecule has 54 heavy (non-hydrogen) atoms. The van der Waals surface area contributed by atoms with Gasteiger partial charge in [-0.15, -0.1) is 29.1 Å². The van der Waals surface area contributed by atoms with Crippen molar-refractivity contribution in [3.63, 3.8) is 0 Å². The molecule has 5 heteroatoms. The second kappa shape index (κ2) is 16.1. The molecule has 2 fully saturated rings. The minimum Gasteiger partial charge on any atom is -0.512 e. The Morgan fingerprint density at radius 2 is 1.56 bits per heavy atom. The maximum absolute atomic E-state index is 12.2. The number of hydrogen-bond donors (Lipinski definition) is 1. The van der Waals surface area contributed by atoms with Crippen molar-refractivity contribution in [2.75, 3.05) is 0 Å². The zero-order chi connectivity index (χ0) is 38.5. The number of furan rings is 1. The monoisotopic (exact) mass is 905 g/mol. The largest absolute Gasteiger partial charge is 0.512 e. The van der Waals surface area contributed by atoms with Crippen LogP contribution in [0.25, 0.3) is 43.9 Å². The number of carbonyl (C=O) groups excluding carboxylic acids is 1. The molecule has 3 aromatic carbocycles. The van der Waals surface area contributed by atoms with Crippen LogP contribution in [-0.2, 0) is 30.3 Å². The SMILES string of the molecule is CCC(C)(CC)C(=O)/C=C(\O)C(C)(CC)CC.Cc1cc(C)c2c(c1)nc(-c1[c-]c3ccccc3c(C(C)(C)C)c1)c1cc(C3CC4CCC3C4)oc12.[Ir]. The minimum atomic E-state index is -0.337. The van der Waals surface area contributed by atoms with Gasteiger partial charge in [0, 0.05) is 59.4 Å². The summed E-state index contributed by atoms with van der Waals surface area (Å²) in [6, 6.07) is 21.5. The topological polar surface area (TPSA) is 63.3 Å². The van der Waals surface area contributed by atoms with Gasteiger partial charge in [0.05, 0.1) is 5.52 Å². The number of aryl methyl sites for hydroxylation is 2. The van der Waals surface area contributed by atoms with Gasteiger partial charge in [0.2, 0.25) is 0 Å². The molecule has 0 amide bonds. The third-order valence-corrected chi connectivity index (χ3v) is 13.5. The van der Waals surface area contributed by atoms with E-state index in [0.29, 0.717) is 5.92 Å². The van der Waals surface area contributed by atoms with E-state index in [1.807, 2.05) is 41.5 Å². The first-order valence-corrected chi connectivity index (χ1v) is 20.3. The Labute approximate surface area is 338 Å². The fourth-order valence-corrected chi connectivity index (χ4v) is 8.92. The first-order valence-electron chi connectivity index (χ1n) is 20.3. The molecule has 5 aromatic rings. The molecular formula is C49H62IrNO3-. The summed E-state index contributed by atoms with van der Waals surface area (Å²) in [4.78, 5) is 17.5. The van der Waals surface area contributed by atoms with Crippen molar-refractivity contribution in [3.8, 4) is 11.3 Å². The maximum Gasteiger partial charge on any atom is 0.164 e. The summed E-state index contributed by atoms with van der Waals surface area (Å²) in [5.74, 6) is 3.67. The van der Waals surface area contributed by atoms with E-state index in [0.717, 1.165) is 76.0 Å². The Balaban J connectivity index is 0.000000267. The van der Waals surface area contributed by atoms with Gasteiger partial charge in [-0.25, -0.2) is 0 Å². The molecule has 3 atom stereocenters. The maximum atomic E-state index is 12.2. The van der Waals surface area contributed by atoms with Crippen molar-refractivity contribution in [3.05, 3.63) is 88.9 Å². The Morgan fingerprint density at radius 1 is 0.889 bits per heavy atom. The van der Waals surface area contributed by atoms with Crippen molar-refractivity contribution in [2.24, 2.45) is 22.7 Å². The normalized spacial score (nSPS) is 18.9. The van der Waals surface area contributed by atoms with E-state index in [4.69, 9.17) is 9.40 Å². The molecule has 291 valence electrons. The van der Waals surface area contributed by atoms with Crippen LogP contribution in [-0.4, -0.2) is 15.9 Å². The van der Waals surface area contributed by atoms with E-state index in [-0.39, 0.29) is 47.9 Å². The molecule has 7 rings (SSSR count). The average Bonchev–Trinajstić information content (AvgIpc) is 3.90. The van der Waals surface area contributed by atoms with Crippen molar-refractivity contribution < 1.29 is 34.4 Å². The Hall–Kier alpha value is -3.27. The number of allylic oxidation sites excluding steroid dienone is 2. The van der Waals surface area contributed by atoms with Crippen molar-refractivity contribution >= 4 is 38.4 Å². The molecule has 2 bridgehead atoms. The predicted octanol–water partition coefficient (Wildman–Crippen LogP) is 14.1. The van der Waals surface area contributed by atoms with E-state index in [2.05, 4.69) is 89.2 Å². The number of rotatable bonds is 9. The summed E-state index contributed by atoms with van der Waals surface area (Å²) in [6.45, 7) is 23.3. The number of ketones is 1. The number of hydrogen-bond acceptors (Lipinski definition) is 4. The summed E-state index contributed by atoms with van der Waals surface area (Å²) in [5.41, 5.74) is 7.29. The fourth-order valence-electron chi connectivity index (χ4n) is 8.92. The molecule has 1 N–H and O–H groups in total. The third kappa shape index (κ3) is 7.87. The van der Waals surface area contributed by atoms with Gasteiger partial charge in [-0.05, 0) is 99.3 Å². The predicted molar refractivity (Wildman–Crippen MR) is 223 cm³/mol. The number of aliphatic hydroxyl groups is 1. The molecule has 4 nitrogen and oxygen atoms in total. The van der Waals surface area contributed by atoms with Crippen LogP contribution in [0.2, 0.25) is 0 Å². The van der Waals surface area contributed by atoms with E-state index in [1.54, 1.807) is 0 Å². The quantitative estimate of drug-likeness (QED) is 0.0909. The molecule has 0 aliphatic heterocycles. The van der Waals surface area contributed by atoms with E-state index >= 15 is 0 Å². The third-order valence-electron chi connectivity index (χ3n) is 13.5. The number of pyridine rings is 1. The average molecular weight is 905 g/mol. The van der Waals surface area contributed by atoms with E-state index in [1.165, 1.54) is 59.6 Å². The first-order chi connectivity index (χ1) is 25.0. The molecule has 2 aliphatic rings. The Kier molecular flexibility index (Phi) is 12.5. The van der Waals surface area contributed by atoms with Crippen LogP contribution in [0.5, 0.6) is 0 Å². The second-order valence-corrected chi connectivity index (χ2v) is 17.9. The second-order valence-electron chi connectivity index (χ2n) is 17.9. The van der Waals surface area contributed by atoms with Crippen LogP contribution in [0.1, 0.15) is 142 Å². The molecule has 2 saturated carbocycles. The summed E-state index contributed by atoms with van der Waals surface area (Å²) in [7, 11) is 0. The van der Waals surface area contributed by atoms with Gasteiger partial charge < -0.3 is 9.52 Å². The molecule has 1 radical (unpaired) electrons. The van der Waals surface area contributed by atoms with E-state index < -0.39 is 0 Å². The Morgan fingerprint density at radius 3 is 2.15 bits per heavy atom. The number of aliphatic hydroxyl groups excluding tert-OH is 1. The zero-order valence-corrected chi connectivity index (χ0v) is 37.0. The first kappa shape index (κ1) is 41.9. The minimum absolute atomic E-state index is 0. The van der Waals surface area contributed by atoms with Gasteiger partial charge in [0.1, 0.15) is 17.1 Å². The Bertz CT molecular complexity index is 2170. The zero-order valence-electron chi connectivity index (χ0n) is 34.6. The number of fused-ring (bicyclic) bond motifs is 6. The van der Waals surface area contributed by atoms with Gasteiger partial charge in [-0.3, -0.25) is 9.78 Å². The van der Waals surface area contributed by atoms with Crippen molar-refractivity contribution in [2.45, 2.75) is 139 Å². The van der Waals surface area contributed by atoms with Crippen LogP contribution in [0.3, 0.4) is 0 Å². The number of nitrogens with zero attached hydrogens (tertiary/aromatic N) is 1. The summed E-state index contributed by atoms with van der Waals surface area (Å²) in [6.07, 6.45) is 10.2. The van der Waals surface area contributed by atoms with Crippen LogP contribution < -0.4 is 0 Å². The molecule has 0 saturated heterocycles. The number of benzene rings is 3. The van der Waals surface area contributed by atoms with Gasteiger partial charge in [0.25, 0.3) is 0 Å². The van der Waals surface area contributed by atoms with Gasteiger partial charge in [-0.1, -0.05) is 104 Å². The van der Waals surface area contributed by atoms with Crippen molar-refractivity contribution in [1.82, 2.24) is 4.98 Å².